The summed E-state index contributed by atoms with van der Waals surface area (Å²) in [6, 6.07) is 8.18. The van der Waals surface area contributed by atoms with Crippen molar-refractivity contribution < 1.29 is 0 Å². The molecule has 0 saturated heterocycles. The number of rotatable bonds is 4. The van der Waals surface area contributed by atoms with Crippen molar-refractivity contribution in [1.82, 2.24) is 10.3 Å². The van der Waals surface area contributed by atoms with Crippen LogP contribution in [0.15, 0.2) is 24.3 Å². The van der Waals surface area contributed by atoms with Gasteiger partial charge in [0.1, 0.15) is 0 Å². The van der Waals surface area contributed by atoms with Crippen LogP contribution < -0.4 is 5.32 Å². The minimum Gasteiger partial charge on any atom is -0.356 e. The number of fused-ring (bicyclic) bond motifs is 1. The second-order valence-corrected chi connectivity index (χ2v) is 5.27. The van der Waals surface area contributed by atoms with Gasteiger partial charge in [-0.3, -0.25) is 0 Å². The summed E-state index contributed by atoms with van der Waals surface area (Å²) in [5.74, 6) is 0.887. The summed E-state index contributed by atoms with van der Waals surface area (Å²) in [6.45, 7) is 1.95. The number of halogens is 1. The fraction of sp³-hybridized carbons (Fsp3) is 0.429. The van der Waals surface area contributed by atoms with E-state index in [2.05, 4.69) is 22.4 Å². The highest BCUT2D eigenvalue weighted by Gasteiger charge is 2.17. The molecule has 1 heterocycles. The average Bonchev–Trinajstić information content (AvgIpc) is 2.60. The fourth-order valence-corrected chi connectivity index (χ4v) is 2.66. The van der Waals surface area contributed by atoms with E-state index in [1.165, 1.54) is 19.3 Å². The predicted octanol–water partition coefficient (Wildman–Crippen LogP) is 3.71. The quantitative estimate of drug-likeness (QED) is 0.848. The molecule has 0 radical (unpaired) electrons. The number of benzene rings is 1. The van der Waals surface area contributed by atoms with Gasteiger partial charge < -0.3 is 10.3 Å². The average molecular weight is 249 g/mol. The Hall–Kier alpha value is -0.990. The summed E-state index contributed by atoms with van der Waals surface area (Å²) < 4.78 is 0. The van der Waals surface area contributed by atoms with Crippen molar-refractivity contribution in [1.29, 1.82) is 0 Å². The van der Waals surface area contributed by atoms with Crippen molar-refractivity contribution in [2.75, 3.05) is 6.54 Å². The highest BCUT2D eigenvalue weighted by atomic mass is 35.5. The van der Waals surface area contributed by atoms with Gasteiger partial charge in [-0.2, -0.15) is 0 Å². The topological polar surface area (TPSA) is 27.8 Å². The first-order chi connectivity index (χ1) is 8.34. The van der Waals surface area contributed by atoms with E-state index in [0.29, 0.717) is 0 Å². The normalized spacial score (nSPS) is 16.3. The van der Waals surface area contributed by atoms with Crippen LogP contribution >= 0.6 is 11.6 Å². The van der Waals surface area contributed by atoms with Gasteiger partial charge in [0.2, 0.25) is 0 Å². The molecule has 17 heavy (non-hydrogen) atoms. The number of hydrogen-bond donors (Lipinski definition) is 2. The lowest BCUT2D eigenvalue weighted by molar-refractivity contribution is 0.301. The molecular formula is C14H17ClN2. The molecule has 0 atom stereocenters. The van der Waals surface area contributed by atoms with Crippen LogP contribution in [0.1, 0.15) is 25.0 Å². The number of hydrogen-bond acceptors (Lipinski definition) is 1. The van der Waals surface area contributed by atoms with Crippen LogP contribution in [0.3, 0.4) is 0 Å². The third-order valence-electron chi connectivity index (χ3n) is 3.67. The molecule has 0 unspecified atom stereocenters. The van der Waals surface area contributed by atoms with E-state index in [1.54, 1.807) is 0 Å². The molecule has 1 fully saturated rings. The number of aromatic nitrogens is 1. The Morgan fingerprint density at radius 1 is 1.29 bits per heavy atom. The van der Waals surface area contributed by atoms with E-state index in [1.807, 2.05) is 12.1 Å². The second kappa shape index (κ2) is 4.71. The Bertz CT molecular complexity index is 514. The van der Waals surface area contributed by atoms with Crippen molar-refractivity contribution in [3.63, 3.8) is 0 Å². The van der Waals surface area contributed by atoms with Gasteiger partial charge in [0.05, 0.1) is 5.02 Å². The predicted molar refractivity (Wildman–Crippen MR) is 72.4 cm³/mol. The molecule has 1 aliphatic carbocycles. The van der Waals surface area contributed by atoms with E-state index in [4.69, 9.17) is 11.6 Å². The number of para-hydroxylation sites is 1. The third-order valence-corrected chi connectivity index (χ3v) is 4.11. The molecule has 0 spiro atoms. The molecule has 3 rings (SSSR count). The van der Waals surface area contributed by atoms with Gasteiger partial charge >= 0.3 is 0 Å². The van der Waals surface area contributed by atoms with Gasteiger partial charge in [-0.1, -0.05) is 36.2 Å². The van der Waals surface area contributed by atoms with E-state index in [-0.39, 0.29) is 0 Å². The molecule has 2 N–H and O–H groups in total. The van der Waals surface area contributed by atoms with Crippen LogP contribution in [0.4, 0.5) is 0 Å². The maximum absolute atomic E-state index is 6.35. The molecule has 90 valence electrons. The molecule has 2 nitrogen and oxygen atoms in total. The Kier molecular flexibility index (Phi) is 3.08. The van der Waals surface area contributed by atoms with Crippen molar-refractivity contribution in [3.8, 4) is 0 Å². The van der Waals surface area contributed by atoms with E-state index in [0.717, 1.165) is 40.6 Å². The smallest absolute Gasteiger partial charge is 0.0705 e. The molecule has 1 aromatic carbocycles. The minimum absolute atomic E-state index is 0.837. The van der Waals surface area contributed by atoms with Crippen LogP contribution in [-0.4, -0.2) is 11.5 Å². The summed E-state index contributed by atoms with van der Waals surface area (Å²) in [5, 5.41) is 5.47. The Balaban J connectivity index is 1.69. The molecule has 3 heteroatoms. The Morgan fingerprint density at radius 2 is 2.12 bits per heavy atom. The largest absolute Gasteiger partial charge is 0.356 e. The lowest BCUT2D eigenvalue weighted by atomic mass is 9.85. The van der Waals surface area contributed by atoms with Gasteiger partial charge in [0, 0.05) is 23.1 Å². The first-order valence-electron chi connectivity index (χ1n) is 6.30. The third kappa shape index (κ3) is 2.20. The second-order valence-electron chi connectivity index (χ2n) is 4.89. The summed E-state index contributed by atoms with van der Waals surface area (Å²) in [5.41, 5.74) is 2.23. The van der Waals surface area contributed by atoms with E-state index >= 15 is 0 Å². The fourth-order valence-electron chi connectivity index (χ4n) is 2.38. The van der Waals surface area contributed by atoms with Crippen molar-refractivity contribution in [2.45, 2.75) is 25.8 Å². The molecule has 1 aromatic heterocycles. The van der Waals surface area contributed by atoms with Crippen molar-refractivity contribution in [3.05, 3.63) is 35.0 Å². The summed E-state index contributed by atoms with van der Waals surface area (Å²) >= 11 is 6.35. The maximum Gasteiger partial charge on any atom is 0.0705 e. The number of H-pyrrole nitrogens is 1. The SMILES string of the molecule is Clc1c(CNCC2CCC2)[nH]c2ccccc12. The first kappa shape index (κ1) is 11.1. The van der Waals surface area contributed by atoms with E-state index in [9.17, 15) is 0 Å². The lowest BCUT2D eigenvalue weighted by Crippen LogP contribution is -2.27. The summed E-state index contributed by atoms with van der Waals surface area (Å²) in [4.78, 5) is 3.38. The molecule has 0 amide bonds. The zero-order valence-electron chi connectivity index (χ0n) is 9.80. The maximum atomic E-state index is 6.35. The van der Waals surface area contributed by atoms with Crippen molar-refractivity contribution >= 4 is 22.5 Å². The van der Waals surface area contributed by atoms with Crippen LogP contribution in [-0.2, 0) is 6.54 Å². The standard InChI is InChI=1S/C14H17ClN2/c15-14-11-6-1-2-7-12(11)17-13(14)9-16-8-10-4-3-5-10/h1-2,6-7,10,16-17H,3-5,8-9H2. The highest BCUT2D eigenvalue weighted by molar-refractivity contribution is 6.36. The Labute approximate surface area is 106 Å². The Morgan fingerprint density at radius 3 is 2.82 bits per heavy atom. The van der Waals surface area contributed by atoms with Gasteiger partial charge in [-0.25, -0.2) is 0 Å². The number of aromatic amines is 1. The molecule has 2 aromatic rings. The van der Waals surface area contributed by atoms with Crippen molar-refractivity contribution in [2.24, 2.45) is 5.92 Å². The van der Waals surface area contributed by atoms with Gasteiger partial charge in [-0.15, -0.1) is 0 Å². The van der Waals surface area contributed by atoms with Crippen LogP contribution in [0.25, 0.3) is 10.9 Å². The van der Waals surface area contributed by atoms with Gasteiger partial charge in [0.15, 0.2) is 0 Å². The van der Waals surface area contributed by atoms with Gasteiger partial charge in [-0.05, 0) is 31.4 Å². The molecule has 0 aliphatic heterocycles. The number of nitrogens with one attached hydrogen (secondary N) is 2. The monoisotopic (exact) mass is 248 g/mol. The first-order valence-corrected chi connectivity index (χ1v) is 6.68. The molecule has 1 aliphatic rings. The summed E-state index contributed by atoms with van der Waals surface area (Å²) in [7, 11) is 0. The molecular weight excluding hydrogens is 232 g/mol. The summed E-state index contributed by atoms with van der Waals surface area (Å²) in [6.07, 6.45) is 4.17. The molecule has 0 bridgehead atoms. The minimum atomic E-state index is 0.837. The zero-order valence-corrected chi connectivity index (χ0v) is 10.6. The van der Waals surface area contributed by atoms with Crippen LogP contribution in [0.5, 0.6) is 0 Å². The van der Waals surface area contributed by atoms with Crippen LogP contribution in [0, 0.1) is 5.92 Å². The highest BCUT2D eigenvalue weighted by Crippen LogP contribution is 2.28. The lowest BCUT2D eigenvalue weighted by Gasteiger charge is -2.25. The zero-order chi connectivity index (χ0) is 11.7. The van der Waals surface area contributed by atoms with E-state index < -0.39 is 0 Å². The van der Waals surface area contributed by atoms with Crippen LogP contribution in [0.2, 0.25) is 5.02 Å². The van der Waals surface area contributed by atoms with Gasteiger partial charge in [0.25, 0.3) is 0 Å². The molecule has 1 saturated carbocycles.